The summed E-state index contributed by atoms with van der Waals surface area (Å²) in [6.07, 6.45) is 0. The Morgan fingerprint density at radius 1 is 1.00 bits per heavy atom. The lowest BCUT2D eigenvalue weighted by molar-refractivity contribution is 0.351. The average molecular weight is 394 g/mol. The topological polar surface area (TPSA) is 18.5 Å². The lowest BCUT2D eigenvalue weighted by Crippen LogP contribution is -2.00. The molecule has 0 amide bonds. The van der Waals surface area contributed by atoms with Gasteiger partial charge in [-0.1, -0.05) is 45.2 Å². The Hall–Kier alpha value is -0.970. The molecule has 0 aliphatic rings. The first kappa shape index (κ1) is 16.4. The van der Waals surface area contributed by atoms with E-state index in [4.69, 9.17) is 32.7 Å². The quantitative estimate of drug-likeness (QED) is 0.626. The van der Waals surface area contributed by atoms with Crippen molar-refractivity contribution < 1.29 is 13.9 Å². The Morgan fingerprint density at radius 2 is 1.62 bits per heavy atom. The molecule has 0 spiro atoms. The predicted octanol–water partition coefficient (Wildman–Crippen LogP) is 5.63. The molecule has 112 valence electrons. The summed E-state index contributed by atoms with van der Waals surface area (Å²) >= 11 is 15.5. The first-order chi connectivity index (χ1) is 9.97. The smallest absolute Gasteiger partial charge is 0.163 e. The maximum atomic E-state index is 14.3. The Labute approximate surface area is 140 Å². The summed E-state index contributed by atoms with van der Waals surface area (Å²) in [5.74, 6) is 0.365. The largest absolute Gasteiger partial charge is 0.493 e. The fraction of sp³-hybridized carbons (Fsp3) is 0.200. The highest BCUT2D eigenvalue weighted by molar-refractivity contribution is 9.09. The van der Waals surface area contributed by atoms with Crippen molar-refractivity contribution >= 4 is 39.1 Å². The highest BCUT2D eigenvalue weighted by atomic mass is 79.9. The Balaban J connectivity index is 2.50. The normalized spacial score (nSPS) is 12.1. The van der Waals surface area contributed by atoms with Crippen molar-refractivity contribution in [1.29, 1.82) is 0 Å². The van der Waals surface area contributed by atoms with Gasteiger partial charge < -0.3 is 9.47 Å². The molecule has 0 N–H and O–H groups in total. The first-order valence-electron chi connectivity index (χ1n) is 5.98. The molecule has 0 saturated carbocycles. The second-order valence-corrected chi connectivity index (χ2v) is 6.02. The second-order valence-electron chi connectivity index (χ2n) is 4.26. The summed E-state index contributed by atoms with van der Waals surface area (Å²) in [5, 5.41) is 0.981. The zero-order valence-electron chi connectivity index (χ0n) is 11.3. The van der Waals surface area contributed by atoms with Gasteiger partial charge in [-0.2, -0.15) is 0 Å². The third-order valence-corrected chi connectivity index (χ3v) is 4.56. The molecule has 0 aliphatic heterocycles. The molecule has 0 aromatic heterocycles. The molecular formula is C15H12BrCl2FO2. The number of hydrogen-bond donors (Lipinski definition) is 0. The molecule has 0 bridgehead atoms. The summed E-state index contributed by atoms with van der Waals surface area (Å²) < 4.78 is 24.5. The van der Waals surface area contributed by atoms with Crippen molar-refractivity contribution in [3.05, 3.63) is 57.3 Å². The summed E-state index contributed by atoms with van der Waals surface area (Å²) in [6, 6.07) is 7.94. The van der Waals surface area contributed by atoms with Crippen LogP contribution in [0.3, 0.4) is 0 Å². The van der Waals surface area contributed by atoms with Crippen LogP contribution in [0.15, 0.2) is 30.3 Å². The highest BCUT2D eigenvalue weighted by Gasteiger charge is 2.20. The van der Waals surface area contributed by atoms with Crippen molar-refractivity contribution in [2.45, 2.75) is 4.83 Å². The number of benzene rings is 2. The van der Waals surface area contributed by atoms with Gasteiger partial charge in [0.2, 0.25) is 0 Å². The molecule has 1 atom stereocenters. The van der Waals surface area contributed by atoms with Crippen molar-refractivity contribution in [1.82, 2.24) is 0 Å². The predicted molar refractivity (Wildman–Crippen MR) is 86.7 cm³/mol. The van der Waals surface area contributed by atoms with Gasteiger partial charge in [-0.15, -0.1) is 0 Å². The summed E-state index contributed by atoms with van der Waals surface area (Å²) in [5.41, 5.74) is 1.11. The minimum atomic E-state index is -0.429. The van der Waals surface area contributed by atoms with E-state index in [9.17, 15) is 4.39 Å². The summed E-state index contributed by atoms with van der Waals surface area (Å²) in [4.78, 5) is -0.429. The number of ether oxygens (including phenoxy) is 2. The Morgan fingerprint density at radius 3 is 2.19 bits per heavy atom. The van der Waals surface area contributed by atoms with Gasteiger partial charge in [0.05, 0.1) is 19.0 Å². The minimum Gasteiger partial charge on any atom is -0.493 e. The maximum absolute atomic E-state index is 14.3. The van der Waals surface area contributed by atoms with Crippen LogP contribution in [0.25, 0.3) is 0 Å². The SMILES string of the molecule is COc1cc(F)c(C(Br)c2ccc(Cl)cc2Cl)cc1OC. The van der Waals surface area contributed by atoms with Gasteiger partial charge in [0.15, 0.2) is 11.5 Å². The molecule has 2 aromatic carbocycles. The molecule has 0 saturated heterocycles. The van der Waals surface area contributed by atoms with Gasteiger partial charge in [0.25, 0.3) is 0 Å². The molecule has 1 unspecified atom stereocenters. The molecule has 0 aliphatic carbocycles. The first-order valence-corrected chi connectivity index (χ1v) is 7.65. The van der Waals surface area contributed by atoms with Crippen LogP contribution in [0, 0.1) is 5.82 Å². The number of hydrogen-bond acceptors (Lipinski definition) is 2. The molecule has 0 heterocycles. The highest BCUT2D eigenvalue weighted by Crippen LogP contribution is 2.41. The van der Waals surface area contributed by atoms with Gasteiger partial charge in [0.1, 0.15) is 5.82 Å². The van der Waals surface area contributed by atoms with Crippen LogP contribution in [0.2, 0.25) is 10.0 Å². The van der Waals surface area contributed by atoms with E-state index in [-0.39, 0.29) is 0 Å². The number of rotatable bonds is 4. The summed E-state index contributed by atoms with van der Waals surface area (Å²) in [7, 11) is 2.96. The lowest BCUT2D eigenvalue weighted by Gasteiger charge is -2.16. The molecule has 0 fully saturated rings. The maximum Gasteiger partial charge on any atom is 0.163 e. The molecule has 21 heavy (non-hydrogen) atoms. The van der Waals surface area contributed by atoms with E-state index in [1.54, 1.807) is 24.3 Å². The average Bonchev–Trinajstić information content (AvgIpc) is 2.46. The van der Waals surface area contributed by atoms with Crippen LogP contribution in [-0.2, 0) is 0 Å². The van der Waals surface area contributed by atoms with E-state index in [0.29, 0.717) is 32.7 Å². The fourth-order valence-electron chi connectivity index (χ4n) is 1.94. The van der Waals surface area contributed by atoms with Crippen LogP contribution in [0.5, 0.6) is 11.5 Å². The number of halogens is 4. The van der Waals surface area contributed by atoms with Gasteiger partial charge in [-0.05, 0) is 23.8 Å². The molecule has 2 aromatic rings. The molecular weight excluding hydrogens is 382 g/mol. The van der Waals surface area contributed by atoms with Crippen molar-refractivity contribution in [2.75, 3.05) is 14.2 Å². The second kappa shape index (κ2) is 6.86. The summed E-state index contributed by atoms with van der Waals surface area (Å²) in [6.45, 7) is 0. The van der Waals surface area contributed by atoms with E-state index in [2.05, 4.69) is 15.9 Å². The third-order valence-electron chi connectivity index (χ3n) is 3.01. The molecule has 0 radical (unpaired) electrons. The zero-order valence-corrected chi connectivity index (χ0v) is 14.4. The van der Waals surface area contributed by atoms with Crippen molar-refractivity contribution in [2.24, 2.45) is 0 Å². The van der Waals surface area contributed by atoms with Crippen molar-refractivity contribution in [3.8, 4) is 11.5 Å². The van der Waals surface area contributed by atoms with Gasteiger partial charge >= 0.3 is 0 Å². The van der Waals surface area contributed by atoms with Gasteiger partial charge in [-0.3, -0.25) is 0 Å². The monoisotopic (exact) mass is 392 g/mol. The standard InChI is InChI=1S/C15H12BrCl2FO2/c1-20-13-6-10(12(19)7-14(13)21-2)15(16)9-4-3-8(17)5-11(9)18/h3-7,15H,1-2H3. The molecule has 6 heteroatoms. The zero-order chi connectivity index (χ0) is 15.6. The molecule has 2 nitrogen and oxygen atoms in total. The minimum absolute atomic E-state index is 0.334. The fourth-order valence-corrected chi connectivity index (χ4v) is 3.34. The third kappa shape index (κ3) is 3.44. The van der Waals surface area contributed by atoms with E-state index in [1.807, 2.05) is 0 Å². The van der Waals surface area contributed by atoms with Gasteiger partial charge in [0, 0.05) is 21.7 Å². The number of methoxy groups -OCH3 is 2. The molecule has 2 rings (SSSR count). The van der Waals surface area contributed by atoms with Crippen LogP contribution < -0.4 is 9.47 Å². The van der Waals surface area contributed by atoms with E-state index in [1.165, 1.54) is 20.3 Å². The van der Waals surface area contributed by atoms with E-state index >= 15 is 0 Å². The van der Waals surface area contributed by atoms with Gasteiger partial charge in [-0.25, -0.2) is 4.39 Å². The van der Waals surface area contributed by atoms with Crippen LogP contribution in [0.1, 0.15) is 16.0 Å². The van der Waals surface area contributed by atoms with Crippen molar-refractivity contribution in [3.63, 3.8) is 0 Å². The van der Waals surface area contributed by atoms with E-state index < -0.39 is 10.6 Å². The van der Waals surface area contributed by atoms with E-state index in [0.717, 1.165) is 0 Å². The number of alkyl halides is 1. The lowest BCUT2D eigenvalue weighted by atomic mass is 10.0. The van der Waals surface area contributed by atoms with Crippen LogP contribution in [-0.4, -0.2) is 14.2 Å². The van der Waals surface area contributed by atoms with Crippen LogP contribution >= 0.6 is 39.1 Å². The Bertz CT molecular complexity index is 664. The van der Waals surface area contributed by atoms with Crippen LogP contribution in [0.4, 0.5) is 4.39 Å². The Kier molecular flexibility index (Phi) is 5.36.